The maximum absolute atomic E-state index is 6.05. The van der Waals surface area contributed by atoms with Crippen LogP contribution >= 0.6 is 23.4 Å². The molecule has 3 heteroatoms. The summed E-state index contributed by atoms with van der Waals surface area (Å²) >= 11 is 7.82. The molecule has 88 valence electrons. The van der Waals surface area contributed by atoms with Crippen molar-refractivity contribution in [3.8, 4) is 0 Å². The summed E-state index contributed by atoms with van der Waals surface area (Å²) in [6, 6.07) is 8.51. The second-order valence-corrected chi connectivity index (χ2v) is 6.05. The summed E-state index contributed by atoms with van der Waals surface area (Å²) in [6.07, 6.45) is 5.08. The monoisotopic (exact) mass is 255 g/mol. The standard InChI is InChI=1S/C13H18ClNS/c14-11-4-2-5-12(9-11)16-8-7-10-3-1-6-13(10)15/h2,4-5,9-10,13H,1,3,6-8,15H2. The van der Waals surface area contributed by atoms with Gasteiger partial charge in [-0.25, -0.2) is 0 Å². The lowest BCUT2D eigenvalue weighted by molar-refractivity contribution is 0.470. The van der Waals surface area contributed by atoms with Crippen molar-refractivity contribution >= 4 is 23.4 Å². The molecule has 0 heterocycles. The van der Waals surface area contributed by atoms with Gasteiger partial charge in [0.2, 0.25) is 0 Å². The van der Waals surface area contributed by atoms with Crippen LogP contribution in [0.3, 0.4) is 0 Å². The van der Waals surface area contributed by atoms with Gasteiger partial charge >= 0.3 is 0 Å². The van der Waals surface area contributed by atoms with Crippen LogP contribution in [-0.2, 0) is 0 Å². The van der Waals surface area contributed by atoms with Gasteiger partial charge in [0.25, 0.3) is 0 Å². The van der Waals surface area contributed by atoms with E-state index < -0.39 is 0 Å². The Morgan fingerprint density at radius 2 is 2.25 bits per heavy atom. The van der Waals surface area contributed by atoms with Crippen LogP contribution in [0.4, 0.5) is 0 Å². The first kappa shape index (κ1) is 12.3. The van der Waals surface area contributed by atoms with E-state index in [4.69, 9.17) is 17.3 Å². The van der Waals surface area contributed by atoms with E-state index in [0.717, 1.165) is 16.7 Å². The topological polar surface area (TPSA) is 26.0 Å². The van der Waals surface area contributed by atoms with Crippen molar-refractivity contribution in [2.75, 3.05) is 5.75 Å². The van der Waals surface area contributed by atoms with Crippen LogP contribution in [0.5, 0.6) is 0 Å². The van der Waals surface area contributed by atoms with Crippen LogP contribution in [0, 0.1) is 5.92 Å². The molecular formula is C13H18ClNS. The summed E-state index contributed by atoms with van der Waals surface area (Å²) in [4.78, 5) is 1.26. The van der Waals surface area contributed by atoms with Crippen molar-refractivity contribution in [1.82, 2.24) is 0 Å². The van der Waals surface area contributed by atoms with E-state index in [9.17, 15) is 0 Å². The Kier molecular flexibility index (Phi) is 4.56. The molecule has 1 aliphatic rings. The van der Waals surface area contributed by atoms with Crippen LogP contribution in [0.2, 0.25) is 5.02 Å². The minimum atomic E-state index is 0.444. The summed E-state index contributed by atoms with van der Waals surface area (Å²) in [5.74, 6) is 1.89. The molecule has 2 atom stereocenters. The largest absolute Gasteiger partial charge is 0.327 e. The lowest BCUT2D eigenvalue weighted by Crippen LogP contribution is -2.24. The zero-order chi connectivity index (χ0) is 11.4. The van der Waals surface area contributed by atoms with Crippen LogP contribution < -0.4 is 5.73 Å². The fourth-order valence-electron chi connectivity index (χ4n) is 2.31. The smallest absolute Gasteiger partial charge is 0.0417 e. The number of hydrogen-bond donors (Lipinski definition) is 1. The molecule has 0 aliphatic heterocycles. The Hall–Kier alpha value is -0.180. The molecule has 2 rings (SSSR count). The van der Waals surface area contributed by atoms with Gasteiger partial charge in [0.1, 0.15) is 0 Å². The van der Waals surface area contributed by atoms with Crippen molar-refractivity contribution in [2.45, 2.75) is 36.6 Å². The summed E-state index contributed by atoms with van der Waals surface area (Å²) in [5, 5.41) is 0.822. The van der Waals surface area contributed by atoms with Gasteiger partial charge in [-0.3, -0.25) is 0 Å². The Labute approximate surface area is 107 Å². The van der Waals surface area contributed by atoms with Crippen molar-refractivity contribution in [1.29, 1.82) is 0 Å². The number of nitrogens with two attached hydrogens (primary N) is 1. The average Bonchev–Trinajstić information content (AvgIpc) is 2.65. The Morgan fingerprint density at radius 3 is 2.94 bits per heavy atom. The van der Waals surface area contributed by atoms with Gasteiger partial charge < -0.3 is 5.73 Å². The molecule has 0 amide bonds. The van der Waals surface area contributed by atoms with E-state index in [1.165, 1.54) is 30.6 Å². The number of benzene rings is 1. The quantitative estimate of drug-likeness (QED) is 0.825. The zero-order valence-corrected chi connectivity index (χ0v) is 10.9. The van der Waals surface area contributed by atoms with Gasteiger partial charge in [0, 0.05) is 16.0 Å². The molecule has 1 nitrogen and oxygen atoms in total. The third-order valence-electron chi connectivity index (χ3n) is 3.27. The maximum Gasteiger partial charge on any atom is 0.0417 e. The molecule has 1 aromatic carbocycles. The molecule has 2 N–H and O–H groups in total. The molecule has 0 radical (unpaired) electrons. The summed E-state index contributed by atoms with van der Waals surface area (Å²) in [6.45, 7) is 0. The molecule has 2 unspecified atom stereocenters. The number of thioether (sulfide) groups is 1. The van der Waals surface area contributed by atoms with E-state index in [-0.39, 0.29) is 0 Å². The van der Waals surface area contributed by atoms with Crippen molar-refractivity contribution in [3.05, 3.63) is 29.3 Å². The van der Waals surface area contributed by atoms with Crippen LogP contribution in [0.1, 0.15) is 25.7 Å². The summed E-state index contributed by atoms with van der Waals surface area (Å²) in [5.41, 5.74) is 6.05. The van der Waals surface area contributed by atoms with E-state index in [0.29, 0.717) is 6.04 Å². The van der Waals surface area contributed by atoms with Crippen molar-refractivity contribution in [2.24, 2.45) is 11.7 Å². The first-order valence-electron chi connectivity index (χ1n) is 5.89. The second kappa shape index (κ2) is 5.95. The summed E-state index contributed by atoms with van der Waals surface area (Å²) in [7, 11) is 0. The molecular weight excluding hydrogens is 238 g/mol. The number of halogens is 1. The maximum atomic E-state index is 6.05. The predicted molar refractivity (Wildman–Crippen MR) is 72.1 cm³/mol. The lowest BCUT2D eigenvalue weighted by Gasteiger charge is -2.14. The van der Waals surface area contributed by atoms with Crippen molar-refractivity contribution in [3.63, 3.8) is 0 Å². The SMILES string of the molecule is NC1CCCC1CCSc1cccc(Cl)c1. The van der Waals surface area contributed by atoms with E-state index in [1.54, 1.807) is 0 Å². The fraction of sp³-hybridized carbons (Fsp3) is 0.538. The Balaban J connectivity index is 1.75. The van der Waals surface area contributed by atoms with Gasteiger partial charge in [-0.2, -0.15) is 0 Å². The van der Waals surface area contributed by atoms with Crippen LogP contribution in [-0.4, -0.2) is 11.8 Å². The zero-order valence-electron chi connectivity index (χ0n) is 9.36. The normalized spacial score (nSPS) is 24.9. The molecule has 0 bridgehead atoms. The Bertz CT molecular complexity index is 342. The molecule has 1 aromatic rings. The average molecular weight is 256 g/mol. The van der Waals surface area contributed by atoms with Crippen LogP contribution in [0.25, 0.3) is 0 Å². The predicted octanol–water partition coefficient (Wildman–Crippen LogP) is 3.95. The highest BCUT2D eigenvalue weighted by atomic mass is 35.5. The highest BCUT2D eigenvalue weighted by Gasteiger charge is 2.23. The molecule has 1 saturated carbocycles. The minimum absolute atomic E-state index is 0.444. The third-order valence-corrected chi connectivity index (χ3v) is 4.53. The van der Waals surface area contributed by atoms with Crippen LogP contribution in [0.15, 0.2) is 29.2 Å². The van der Waals surface area contributed by atoms with Gasteiger partial charge in [-0.15, -0.1) is 11.8 Å². The molecule has 0 aromatic heterocycles. The van der Waals surface area contributed by atoms with Gasteiger partial charge in [-0.05, 0) is 49.1 Å². The molecule has 1 fully saturated rings. The third kappa shape index (κ3) is 3.41. The molecule has 0 spiro atoms. The van der Waals surface area contributed by atoms with E-state index in [2.05, 4.69) is 6.07 Å². The van der Waals surface area contributed by atoms with Crippen molar-refractivity contribution < 1.29 is 0 Å². The van der Waals surface area contributed by atoms with E-state index >= 15 is 0 Å². The molecule has 0 saturated heterocycles. The molecule has 16 heavy (non-hydrogen) atoms. The Morgan fingerprint density at radius 1 is 1.38 bits per heavy atom. The van der Waals surface area contributed by atoms with E-state index in [1.807, 2.05) is 30.0 Å². The second-order valence-electron chi connectivity index (χ2n) is 4.45. The lowest BCUT2D eigenvalue weighted by atomic mass is 10.0. The number of rotatable bonds is 4. The fourth-order valence-corrected chi connectivity index (χ4v) is 3.61. The highest BCUT2D eigenvalue weighted by molar-refractivity contribution is 7.99. The minimum Gasteiger partial charge on any atom is -0.327 e. The van der Waals surface area contributed by atoms with Gasteiger partial charge in [-0.1, -0.05) is 24.1 Å². The highest BCUT2D eigenvalue weighted by Crippen LogP contribution is 2.30. The van der Waals surface area contributed by atoms with Gasteiger partial charge in [0.05, 0.1) is 0 Å². The van der Waals surface area contributed by atoms with Gasteiger partial charge in [0.15, 0.2) is 0 Å². The molecule has 1 aliphatic carbocycles. The first-order chi connectivity index (χ1) is 7.75. The number of hydrogen-bond acceptors (Lipinski definition) is 2. The summed E-state index contributed by atoms with van der Waals surface area (Å²) < 4.78 is 0. The first-order valence-corrected chi connectivity index (χ1v) is 7.26.